The van der Waals surface area contributed by atoms with Crippen molar-refractivity contribution in [2.75, 3.05) is 7.11 Å². The number of fused-ring (bicyclic) bond motifs is 1. The zero-order valence-electron chi connectivity index (χ0n) is 10.3. The van der Waals surface area contributed by atoms with Crippen LogP contribution in [-0.2, 0) is 16.0 Å². The van der Waals surface area contributed by atoms with Crippen LogP contribution >= 0.6 is 0 Å². The summed E-state index contributed by atoms with van der Waals surface area (Å²) in [5.74, 6) is 0.350. The normalized spacial score (nSPS) is 19.8. The van der Waals surface area contributed by atoms with E-state index < -0.39 is 0 Å². The topological polar surface area (TPSA) is 46.5 Å². The zero-order valence-corrected chi connectivity index (χ0v) is 10.3. The molecule has 0 fully saturated rings. The monoisotopic (exact) mass is 234 g/mol. The minimum Gasteiger partial charge on any atom is -0.508 e. The van der Waals surface area contributed by atoms with Gasteiger partial charge < -0.3 is 9.84 Å². The summed E-state index contributed by atoms with van der Waals surface area (Å²) in [4.78, 5) is 11.7. The van der Waals surface area contributed by atoms with Crippen molar-refractivity contribution in [3.8, 4) is 5.75 Å². The number of phenols is 1. The van der Waals surface area contributed by atoms with Gasteiger partial charge in [-0.3, -0.25) is 4.79 Å². The smallest absolute Gasteiger partial charge is 0.309 e. The Hall–Kier alpha value is -1.51. The molecule has 1 aromatic rings. The minimum absolute atomic E-state index is 0.0641. The first-order valence-corrected chi connectivity index (χ1v) is 6.07. The first-order chi connectivity index (χ1) is 8.17. The number of hydrogen-bond acceptors (Lipinski definition) is 3. The number of esters is 1. The molecule has 0 spiro atoms. The second kappa shape index (κ2) is 4.78. The second-order valence-electron chi connectivity index (χ2n) is 4.57. The zero-order chi connectivity index (χ0) is 12.4. The summed E-state index contributed by atoms with van der Waals surface area (Å²) in [6, 6.07) is 5.44. The van der Waals surface area contributed by atoms with Crippen LogP contribution in [0.4, 0.5) is 0 Å². The molecule has 0 radical (unpaired) electrons. The molecule has 1 aliphatic rings. The Kier molecular flexibility index (Phi) is 3.36. The second-order valence-corrected chi connectivity index (χ2v) is 4.57. The minimum atomic E-state index is -0.126. The van der Waals surface area contributed by atoms with Gasteiger partial charge in [0.25, 0.3) is 0 Å². The molecule has 0 aromatic heterocycles. The molecular weight excluding hydrogens is 216 g/mol. The van der Waals surface area contributed by atoms with Crippen molar-refractivity contribution in [3.63, 3.8) is 0 Å². The summed E-state index contributed by atoms with van der Waals surface area (Å²) in [7, 11) is 1.44. The maximum Gasteiger partial charge on any atom is 0.309 e. The van der Waals surface area contributed by atoms with Crippen LogP contribution in [0.15, 0.2) is 18.2 Å². The number of ether oxygens (including phenoxy) is 1. The number of aryl methyl sites for hydroxylation is 1. The Bertz CT molecular complexity index is 425. The van der Waals surface area contributed by atoms with Crippen LogP contribution in [0, 0.1) is 5.92 Å². The molecule has 0 bridgehead atoms. The Labute approximate surface area is 101 Å². The summed E-state index contributed by atoms with van der Waals surface area (Å²) in [5, 5.41) is 9.44. The summed E-state index contributed by atoms with van der Waals surface area (Å²) in [5.41, 5.74) is 2.36. The van der Waals surface area contributed by atoms with Crippen LogP contribution in [0.3, 0.4) is 0 Å². The van der Waals surface area contributed by atoms with Crippen LogP contribution in [0.1, 0.15) is 36.8 Å². The standard InChI is InChI=1S/C14H18O3/c1-3-11(14(16)17-2)13-6-4-9-8-10(15)5-7-12(9)13/h5,7-8,11,13,15H,3-4,6H2,1-2H3. The highest BCUT2D eigenvalue weighted by Crippen LogP contribution is 2.41. The lowest BCUT2D eigenvalue weighted by Crippen LogP contribution is -2.21. The molecule has 0 amide bonds. The van der Waals surface area contributed by atoms with E-state index in [2.05, 4.69) is 0 Å². The molecule has 0 saturated heterocycles. The number of aromatic hydroxyl groups is 1. The van der Waals surface area contributed by atoms with Gasteiger partial charge in [-0.1, -0.05) is 13.0 Å². The highest BCUT2D eigenvalue weighted by atomic mass is 16.5. The fourth-order valence-corrected chi connectivity index (χ4v) is 2.82. The average Bonchev–Trinajstić information content (AvgIpc) is 2.73. The summed E-state index contributed by atoms with van der Waals surface area (Å²) < 4.78 is 4.87. The SMILES string of the molecule is CCC(C(=O)OC)C1CCc2cc(O)ccc21. The largest absolute Gasteiger partial charge is 0.508 e. The maximum atomic E-state index is 11.7. The molecule has 0 saturated carbocycles. The fraction of sp³-hybridized carbons (Fsp3) is 0.500. The molecule has 0 heterocycles. The van der Waals surface area contributed by atoms with Gasteiger partial charge in [0.2, 0.25) is 0 Å². The molecule has 1 N–H and O–H groups in total. The molecule has 2 unspecified atom stereocenters. The molecule has 0 aliphatic heterocycles. The van der Waals surface area contributed by atoms with Gasteiger partial charge in [0.05, 0.1) is 13.0 Å². The van der Waals surface area contributed by atoms with E-state index in [0.29, 0.717) is 5.75 Å². The predicted octanol–water partition coefficient (Wildman–Crippen LogP) is 2.62. The van der Waals surface area contributed by atoms with Crippen molar-refractivity contribution in [2.45, 2.75) is 32.1 Å². The molecule has 3 heteroatoms. The van der Waals surface area contributed by atoms with Crippen LogP contribution in [-0.4, -0.2) is 18.2 Å². The number of hydrogen-bond donors (Lipinski definition) is 1. The lowest BCUT2D eigenvalue weighted by molar-refractivity contribution is -0.146. The number of phenolic OH excluding ortho intramolecular Hbond substituents is 1. The van der Waals surface area contributed by atoms with E-state index in [1.165, 1.54) is 12.7 Å². The molecule has 17 heavy (non-hydrogen) atoms. The number of carbonyl (C=O) groups excluding carboxylic acids is 1. The first-order valence-electron chi connectivity index (χ1n) is 6.07. The van der Waals surface area contributed by atoms with Crippen molar-refractivity contribution < 1.29 is 14.6 Å². The van der Waals surface area contributed by atoms with Gasteiger partial charge in [0.15, 0.2) is 0 Å². The van der Waals surface area contributed by atoms with Crippen molar-refractivity contribution in [3.05, 3.63) is 29.3 Å². The van der Waals surface area contributed by atoms with Crippen LogP contribution in [0.5, 0.6) is 5.75 Å². The molecule has 2 atom stereocenters. The van der Waals surface area contributed by atoms with Crippen LogP contribution in [0.25, 0.3) is 0 Å². The average molecular weight is 234 g/mol. The van der Waals surface area contributed by atoms with Gasteiger partial charge in [0, 0.05) is 0 Å². The van der Waals surface area contributed by atoms with Crippen LogP contribution in [0.2, 0.25) is 0 Å². The summed E-state index contributed by atoms with van der Waals surface area (Å²) in [6.07, 6.45) is 2.69. The summed E-state index contributed by atoms with van der Waals surface area (Å²) >= 11 is 0. The van der Waals surface area contributed by atoms with Crippen molar-refractivity contribution in [1.29, 1.82) is 0 Å². The van der Waals surface area contributed by atoms with Gasteiger partial charge >= 0.3 is 5.97 Å². The molecule has 2 rings (SSSR count). The molecule has 3 nitrogen and oxygen atoms in total. The van der Waals surface area contributed by atoms with E-state index >= 15 is 0 Å². The molecule has 1 aliphatic carbocycles. The number of methoxy groups -OCH3 is 1. The number of rotatable bonds is 3. The quantitative estimate of drug-likeness (QED) is 0.818. The van der Waals surface area contributed by atoms with E-state index in [1.807, 2.05) is 13.0 Å². The highest BCUT2D eigenvalue weighted by Gasteiger charge is 2.33. The van der Waals surface area contributed by atoms with E-state index in [9.17, 15) is 9.90 Å². The predicted molar refractivity (Wildman–Crippen MR) is 65.0 cm³/mol. The van der Waals surface area contributed by atoms with Gasteiger partial charge in [-0.15, -0.1) is 0 Å². The van der Waals surface area contributed by atoms with E-state index in [4.69, 9.17) is 4.74 Å². The number of carbonyl (C=O) groups is 1. The Morgan fingerprint density at radius 3 is 3.00 bits per heavy atom. The highest BCUT2D eigenvalue weighted by molar-refractivity contribution is 5.74. The Balaban J connectivity index is 2.29. The maximum absolute atomic E-state index is 11.7. The third kappa shape index (κ3) is 2.14. The molecule has 92 valence electrons. The van der Waals surface area contributed by atoms with Crippen molar-refractivity contribution in [2.24, 2.45) is 5.92 Å². The lowest BCUT2D eigenvalue weighted by atomic mass is 9.85. The number of benzene rings is 1. The fourth-order valence-electron chi connectivity index (χ4n) is 2.82. The third-order valence-electron chi connectivity index (χ3n) is 3.68. The third-order valence-corrected chi connectivity index (χ3v) is 3.68. The molecular formula is C14H18O3. The van der Waals surface area contributed by atoms with E-state index in [-0.39, 0.29) is 17.8 Å². The molecule has 1 aromatic carbocycles. The van der Waals surface area contributed by atoms with Crippen LogP contribution < -0.4 is 0 Å². The van der Waals surface area contributed by atoms with Gasteiger partial charge in [-0.2, -0.15) is 0 Å². The van der Waals surface area contributed by atoms with Crippen molar-refractivity contribution in [1.82, 2.24) is 0 Å². The van der Waals surface area contributed by atoms with E-state index in [0.717, 1.165) is 24.8 Å². The van der Waals surface area contributed by atoms with E-state index in [1.54, 1.807) is 12.1 Å². The van der Waals surface area contributed by atoms with Crippen molar-refractivity contribution >= 4 is 5.97 Å². The first kappa shape index (κ1) is 12.0. The Morgan fingerprint density at radius 2 is 2.35 bits per heavy atom. The van der Waals surface area contributed by atoms with Gasteiger partial charge in [-0.25, -0.2) is 0 Å². The Morgan fingerprint density at radius 1 is 1.59 bits per heavy atom. The summed E-state index contributed by atoms with van der Waals surface area (Å²) in [6.45, 7) is 2.01. The van der Waals surface area contributed by atoms with Gasteiger partial charge in [0.1, 0.15) is 5.75 Å². The van der Waals surface area contributed by atoms with Gasteiger partial charge in [-0.05, 0) is 48.4 Å². The lowest BCUT2D eigenvalue weighted by Gasteiger charge is -2.20.